The van der Waals surface area contributed by atoms with Gasteiger partial charge in [-0.3, -0.25) is 9.59 Å². The van der Waals surface area contributed by atoms with Crippen molar-refractivity contribution in [3.05, 3.63) is 35.9 Å². The molecular weight excluding hydrogens is 502 g/mol. The topological polar surface area (TPSA) is 148 Å². The van der Waals surface area contributed by atoms with Crippen molar-refractivity contribution in [2.75, 3.05) is 92.4 Å². The minimum atomic E-state index is -0.985. The molecule has 0 spiro atoms. The lowest BCUT2D eigenvalue weighted by molar-refractivity contribution is -0.138. The number of aliphatic carboxylic acids is 1. The number of benzene rings is 1. The third-order valence-electron chi connectivity index (χ3n) is 4.68. The van der Waals surface area contributed by atoms with Gasteiger partial charge in [0.05, 0.1) is 84.7 Å². The molecule has 1 aromatic carbocycles. The first-order valence-electron chi connectivity index (χ1n) is 12.8. The molecule has 0 unspecified atom stereocenters. The van der Waals surface area contributed by atoms with Crippen molar-refractivity contribution in [2.24, 2.45) is 0 Å². The molecule has 0 saturated carbocycles. The molecule has 1 rings (SSSR count). The fourth-order valence-electron chi connectivity index (χ4n) is 2.76. The van der Waals surface area contributed by atoms with E-state index in [4.69, 9.17) is 38.3 Å². The standard InChI is InChI=1S/C26H41NO11/c28-24(7-8-25(29)30)27-9-4-10-32-11-12-33-13-14-34-15-16-35-17-18-36-19-20-37-21-22-38-26(31)23-5-2-1-3-6-23/h1-3,5-6H,4,7-22H2,(H,27,28)(H,29,30). The number of hydrogen-bond donors (Lipinski definition) is 2. The number of carboxylic acids is 1. The van der Waals surface area contributed by atoms with Crippen LogP contribution in [-0.4, -0.2) is 115 Å². The second-order valence-corrected chi connectivity index (χ2v) is 7.77. The third kappa shape index (κ3) is 21.5. The highest BCUT2D eigenvalue weighted by atomic mass is 16.6. The molecule has 0 saturated heterocycles. The maximum absolute atomic E-state index is 11.7. The fourth-order valence-corrected chi connectivity index (χ4v) is 2.76. The number of carbonyl (C=O) groups excluding carboxylic acids is 2. The van der Waals surface area contributed by atoms with Crippen LogP contribution < -0.4 is 5.32 Å². The highest BCUT2D eigenvalue weighted by Gasteiger charge is 2.05. The van der Waals surface area contributed by atoms with E-state index in [-0.39, 0.29) is 31.3 Å². The predicted octanol–water partition coefficient (Wildman–Crippen LogP) is 1.31. The van der Waals surface area contributed by atoms with Crippen molar-refractivity contribution in [1.29, 1.82) is 0 Å². The maximum atomic E-state index is 11.7. The zero-order chi connectivity index (χ0) is 27.5. The number of ether oxygens (including phenoxy) is 7. The zero-order valence-corrected chi connectivity index (χ0v) is 21.9. The second-order valence-electron chi connectivity index (χ2n) is 7.77. The van der Waals surface area contributed by atoms with Crippen LogP contribution >= 0.6 is 0 Å². The van der Waals surface area contributed by atoms with E-state index < -0.39 is 5.97 Å². The molecule has 38 heavy (non-hydrogen) atoms. The summed E-state index contributed by atoms with van der Waals surface area (Å²) in [6.07, 6.45) is 0.471. The molecule has 0 aromatic heterocycles. The van der Waals surface area contributed by atoms with Crippen LogP contribution in [0.4, 0.5) is 0 Å². The molecule has 0 radical (unpaired) electrons. The predicted molar refractivity (Wildman–Crippen MR) is 136 cm³/mol. The van der Waals surface area contributed by atoms with Crippen LogP contribution in [0.25, 0.3) is 0 Å². The molecule has 0 heterocycles. The Morgan fingerprint density at radius 2 is 1.05 bits per heavy atom. The van der Waals surface area contributed by atoms with E-state index in [0.717, 1.165) is 0 Å². The number of rotatable bonds is 26. The third-order valence-corrected chi connectivity index (χ3v) is 4.68. The average molecular weight is 544 g/mol. The molecular formula is C26H41NO11. The van der Waals surface area contributed by atoms with Crippen molar-refractivity contribution in [3.63, 3.8) is 0 Å². The van der Waals surface area contributed by atoms with Gasteiger partial charge in [-0.15, -0.1) is 0 Å². The minimum absolute atomic E-state index is 0.0118. The Balaban J connectivity index is 1.70. The lowest BCUT2D eigenvalue weighted by atomic mass is 10.2. The van der Waals surface area contributed by atoms with E-state index in [0.29, 0.717) is 97.8 Å². The van der Waals surface area contributed by atoms with Crippen molar-refractivity contribution in [2.45, 2.75) is 19.3 Å². The molecule has 0 bridgehead atoms. The molecule has 1 aromatic rings. The van der Waals surface area contributed by atoms with E-state index in [1.807, 2.05) is 6.07 Å². The zero-order valence-electron chi connectivity index (χ0n) is 21.9. The van der Waals surface area contributed by atoms with Gasteiger partial charge in [0.2, 0.25) is 5.91 Å². The van der Waals surface area contributed by atoms with E-state index in [1.165, 1.54) is 0 Å². The fraction of sp³-hybridized carbons (Fsp3) is 0.654. The molecule has 0 aliphatic carbocycles. The largest absolute Gasteiger partial charge is 0.481 e. The van der Waals surface area contributed by atoms with Gasteiger partial charge < -0.3 is 43.6 Å². The summed E-state index contributed by atoms with van der Waals surface area (Å²) < 4.78 is 37.5. The number of amides is 1. The maximum Gasteiger partial charge on any atom is 0.338 e. The van der Waals surface area contributed by atoms with Gasteiger partial charge in [0.15, 0.2) is 0 Å². The highest BCUT2D eigenvalue weighted by Crippen LogP contribution is 2.00. The Kier molecular flexibility index (Phi) is 21.7. The second kappa shape index (κ2) is 24.7. The molecule has 0 aliphatic heterocycles. The first kappa shape index (κ1) is 33.4. The summed E-state index contributed by atoms with van der Waals surface area (Å²) in [4.78, 5) is 33.4. The number of hydrogen-bond acceptors (Lipinski definition) is 10. The quantitative estimate of drug-likeness (QED) is 0.129. The molecule has 216 valence electrons. The summed E-state index contributed by atoms with van der Waals surface area (Å²) in [5.41, 5.74) is 0.517. The van der Waals surface area contributed by atoms with Gasteiger partial charge >= 0.3 is 11.9 Å². The van der Waals surface area contributed by atoms with Gasteiger partial charge in [0.25, 0.3) is 0 Å². The number of esters is 1. The van der Waals surface area contributed by atoms with E-state index in [1.54, 1.807) is 24.3 Å². The van der Waals surface area contributed by atoms with Gasteiger partial charge in [0, 0.05) is 19.6 Å². The molecule has 2 N–H and O–H groups in total. The monoisotopic (exact) mass is 543 g/mol. The first-order chi connectivity index (χ1) is 18.6. The Bertz CT molecular complexity index is 733. The van der Waals surface area contributed by atoms with Crippen LogP contribution in [0, 0.1) is 0 Å². The Hall–Kier alpha value is -2.61. The first-order valence-corrected chi connectivity index (χ1v) is 12.8. The van der Waals surface area contributed by atoms with Gasteiger partial charge in [-0.2, -0.15) is 0 Å². The lowest BCUT2D eigenvalue weighted by Crippen LogP contribution is -2.25. The van der Waals surface area contributed by atoms with Crippen molar-refractivity contribution >= 4 is 17.8 Å². The Morgan fingerprint density at radius 1 is 0.605 bits per heavy atom. The van der Waals surface area contributed by atoms with Crippen molar-refractivity contribution < 1.29 is 52.6 Å². The van der Waals surface area contributed by atoms with E-state index in [9.17, 15) is 14.4 Å². The van der Waals surface area contributed by atoms with Gasteiger partial charge in [0.1, 0.15) is 6.61 Å². The summed E-state index contributed by atoms with van der Waals surface area (Å²) in [6, 6.07) is 8.80. The van der Waals surface area contributed by atoms with Gasteiger partial charge in [-0.05, 0) is 18.6 Å². The van der Waals surface area contributed by atoms with Gasteiger partial charge in [-0.1, -0.05) is 18.2 Å². The van der Waals surface area contributed by atoms with Crippen LogP contribution in [0.2, 0.25) is 0 Å². The van der Waals surface area contributed by atoms with Crippen molar-refractivity contribution in [1.82, 2.24) is 5.32 Å². The average Bonchev–Trinajstić information content (AvgIpc) is 2.92. The number of carboxylic acid groups (broad SMARTS) is 1. The van der Waals surface area contributed by atoms with Crippen LogP contribution in [-0.2, 0) is 42.7 Å². The molecule has 0 atom stereocenters. The van der Waals surface area contributed by atoms with Crippen LogP contribution in [0.5, 0.6) is 0 Å². The lowest BCUT2D eigenvalue weighted by Gasteiger charge is -2.09. The number of nitrogens with one attached hydrogen (secondary N) is 1. The summed E-state index contributed by atoms with van der Waals surface area (Å²) in [6.45, 7) is 5.92. The highest BCUT2D eigenvalue weighted by molar-refractivity contribution is 5.89. The van der Waals surface area contributed by atoms with E-state index in [2.05, 4.69) is 5.32 Å². The molecule has 1 amide bonds. The molecule has 0 aliphatic rings. The van der Waals surface area contributed by atoms with Crippen LogP contribution in [0.1, 0.15) is 29.6 Å². The normalized spacial score (nSPS) is 10.8. The number of carbonyl (C=O) groups is 3. The Morgan fingerprint density at radius 3 is 1.53 bits per heavy atom. The SMILES string of the molecule is O=C(O)CCC(=O)NCCCOCCOCCOCCOCCOCCOCCOC(=O)c1ccccc1. The molecule has 12 heteroatoms. The van der Waals surface area contributed by atoms with E-state index >= 15 is 0 Å². The minimum Gasteiger partial charge on any atom is -0.481 e. The summed E-state index contributed by atoms with van der Waals surface area (Å²) in [5, 5.41) is 11.1. The molecule has 0 fully saturated rings. The smallest absolute Gasteiger partial charge is 0.338 e. The molecule has 12 nitrogen and oxygen atoms in total. The van der Waals surface area contributed by atoms with Crippen LogP contribution in [0.3, 0.4) is 0 Å². The van der Waals surface area contributed by atoms with Crippen molar-refractivity contribution in [3.8, 4) is 0 Å². The Labute approximate surface area is 223 Å². The van der Waals surface area contributed by atoms with Gasteiger partial charge in [-0.25, -0.2) is 4.79 Å². The summed E-state index contributed by atoms with van der Waals surface area (Å²) in [5.74, 6) is -1.62. The summed E-state index contributed by atoms with van der Waals surface area (Å²) >= 11 is 0. The van der Waals surface area contributed by atoms with Crippen LogP contribution in [0.15, 0.2) is 30.3 Å². The summed E-state index contributed by atoms with van der Waals surface area (Å²) in [7, 11) is 0.